The van der Waals surface area contributed by atoms with Crippen molar-refractivity contribution < 1.29 is 5.11 Å². The molecule has 0 saturated carbocycles. The number of nitrogens with zero attached hydrogens (tertiary/aromatic N) is 3. The predicted octanol–water partition coefficient (Wildman–Crippen LogP) is 2.29. The summed E-state index contributed by atoms with van der Waals surface area (Å²) >= 11 is 0. The monoisotopic (exact) mass is 191 g/mol. The van der Waals surface area contributed by atoms with Gasteiger partial charge >= 0.3 is 0 Å². The number of hydrogen-bond donors (Lipinski definition) is 1. The number of hydrogen-bond acceptors (Lipinski definition) is 2. The highest BCUT2D eigenvalue weighted by atomic mass is 16.3. The predicted molar refractivity (Wildman–Crippen MR) is 54.8 cm³/mol. The lowest BCUT2D eigenvalue weighted by Gasteiger charge is -2.13. The lowest BCUT2D eigenvalue weighted by atomic mass is 10.0. The van der Waals surface area contributed by atoms with Gasteiger partial charge in [-0.3, -0.25) is 0 Å². The molecule has 0 spiro atoms. The molecule has 1 N–H and O–H groups in total. The van der Waals surface area contributed by atoms with Crippen molar-refractivity contribution in [2.45, 2.75) is 25.5 Å². The SMILES string of the molecule is C[C@@H](N=[N+]=[N-])[C@H](O)Cc1ccccc1. The van der Waals surface area contributed by atoms with Gasteiger partial charge in [0.2, 0.25) is 0 Å². The van der Waals surface area contributed by atoms with E-state index in [9.17, 15) is 5.11 Å². The van der Waals surface area contributed by atoms with E-state index >= 15 is 0 Å². The Morgan fingerprint density at radius 1 is 1.43 bits per heavy atom. The summed E-state index contributed by atoms with van der Waals surface area (Å²) in [5.74, 6) is 0. The summed E-state index contributed by atoms with van der Waals surface area (Å²) < 4.78 is 0. The molecule has 1 aromatic rings. The van der Waals surface area contributed by atoms with Crippen LogP contribution >= 0.6 is 0 Å². The zero-order chi connectivity index (χ0) is 10.4. The van der Waals surface area contributed by atoms with Gasteiger partial charge in [0.1, 0.15) is 0 Å². The molecule has 0 fully saturated rings. The first-order valence-corrected chi connectivity index (χ1v) is 4.50. The quantitative estimate of drug-likeness (QED) is 0.442. The Kier molecular flexibility index (Phi) is 3.98. The molecule has 0 aromatic heterocycles. The number of rotatable bonds is 4. The van der Waals surface area contributed by atoms with Crippen LogP contribution in [-0.2, 0) is 6.42 Å². The first-order valence-electron chi connectivity index (χ1n) is 4.50. The van der Waals surface area contributed by atoms with Gasteiger partial charge < -0.3 is 5.11 Å². The van der Waals surface area contributed by atoms with Gasteiger partial charge in [0, 0.05) is 4.91 Å². The molecular formula is C10H13N3O. The number of aliphatic hydroxyl groups is 1. The van der Waals surface area contributed by atoms with Gasteiger partial charge in [-0.25, -0.2) is 0 Å². The van der Waals surface area contributed by atoms with Gasteiger partial charge in [-0.15, -0.1) is 0 Å². The average Bonchev–Trinajstić information content (AvgIpc) is 2.19. The fourth-order valence-corrected chi connectivity index (χ4v) is 1.18. The van der Waals surface area contributed by atoms with Crippen molar-refractivity contribution in [1.82, 2.24) is 0 Å². The van der Waals surface area contributed by atoms with Crippen LogP contribution in [0.3, 0.4) is 0 Å². The van der Waals surface area contributed by atoms with E-state index in [2.05, 4.69) is 10.0 Å². The topological polar surface area (TPSA) is 69.0 Å². The molecule has 0 unspecified atom stereocenters. The van der Waals surface area contributed by atoms with Crippen molar-refractivity contribution >= 4 is 0 Å². The Bertz CT molecular complexity index is 319. The normalized spacial score (nSPS) is 14.1. The zero-order valence-electron chi connectivity index (χ0n) is 8.04. The molecule has 74 valence electrons. The third-order valence-electron chi connectivity index (χ3n) is 2.08. The van der Waals surface area contributed by atoms with Gasteiger partial charge in [0.15, 0.2) is 0 Å². The van der Waals surface area contributed by atoms with E-state index in [1.165, 1.54) is 0 Å². The van der Waals surface area contributed by atoms with E-state index in [1.54, 1.807) is 6.92 Å². The van der Waals surface area contributed by atoms with Crippen LogP contribution in [0.25, 0.3) is 10.4 Å². The smallest absolute Gasteiger partial charge is 0.0662 e. The van der Waals surface area contributed by atoms with Crippen molar-refractivity contribution in [2.24, 2.45) is 5.11 Å². The Balaban J connectivity index is 2.57. The highest BCUT2D eigenvalue weighted by molar-refractivity contribution is 5.15. The van der Waals surface area contributed by atoms with E-state index in [1.807, 2.05) is 30.3 Å². The van der Waals surface area contributed by atoms with E-state index < -0.39 is 6.10 Å². The van der Waals surface area contributed by atoms with Crippen molar-refractivity contribution in [3.05, 3.63) is 46.3 Å². The Morgan fingerprint density at radius 2 is 2.07 bits per heavy atom. The van der Waals surface area contributed by atoms with Crippen LogP contribution in [0.5, 0.6) is 0 Å². The standard InChI is InChI=1S/C10H13N3O/c1-8(12-13-11)10(14)7-9-5-3-2-4-6-9/h2-6,8,10,14H,7H2,1H3/t8-,10-/m1/s1. The molecule has 0 saturated heterocycles. The molecule has 4 heteroatoms. The maximum absolute atomic E-state index is 9.64. The molecule has 2 atom stereocenters. The van der Waals surface area contributed by atoms with Crippen molar-refractivity contribution in [3.63, 3.8) is 0 Å². The van der Waals surface area contributed by atoms with E-state index in [-0.39, 0.29) is 6.04 Å². The zero-order valence-corrected chi connectivity index (χ0v) is 8.04. The molecule has 1 rings (SSSR count). The minimum Gasteiger partial charge on any atom is -0.392 e. The van der Waals surface area contributed by atoms with Gasteiger partial charge in [0.25, 0.3) is 0 Å². The Morgan fingerprint density at radius 3 is 2.64 bits per heavy atom. The van der Waals surface area contributed by atoms with Crippen LogP contribution in [0.15, 0.2) is 35.4 Å². The number of aliphatic hydroxyl groups excluding tert-OH is 1. The molecule has 0 aliphatic heterocycles. The Hall–Kier alpha value is -1.51. The summed E-state index contributed by atoms with van der Waals surface area (Å²) in [4.78, 5) is 2.66. The lowest BCUT2D eigenvalue weighted by Crippen LogP contribution is -2.23. The summed E-state index contributed by atoms with van der Waals surface area (Å²) in [7, 11) is 0. The van der Waals surface area contributed by atoms with Gasteiger partial charge in [-0.05, 0) is 17.5 Å². The minimum atomic E-state index is -0.617. The van der Waals surface area contributed by atoms with Gasteiger partial charge in [-0.1, -0.05) is 42.4 Å². The Labute approximate surface area is 82.8 Å². The van der Waals surface area contributed by atoms with Crippen LogP contribution in [0.4, 0.5) is 0 Å². The molecule has 0 radical (unpaired) electrons. The molecule has 0 aliphatic rings. The van der Waals surface area contributed by atoms with Crippen LogP contribution < -0.4 is 0 Å². The molecule has 14 heavy (non-hydrogen) atoms. The highest BCUT2D eigenvalue weighted by Crippen LogP contribution is 2.07. The number of benzene rings is 1. The molecular weight excluding hydrogens is 178 g/mol. The maximum Gasteiger partial charge on any atom is 0.0662 e. The van der Waals surface area contributed by atoms with Gasteiger partial charge in [0.05, 0.1) is 12.1 Å². The molecule has 0 aliphatic carbocycles. The third kappa shape index (κ3) is 3.09. The lowest BCUT2D eigenvalue weighted by molar-refractivity contribution is 0.151. The van der Waals surface area contributed by atoms with E-state index in [0.29, 0.717) is 6.42 Å². The largest absolute Gasteiger partial charge is 0.392 e. The fraction of sp³-hybridized carbons (Fsp3) is 0.400. The molecule has 0 amide bonds. The molecule has 4 nitrogen and oxygen atoms in total. The second-order valence-electron chi connectivity index (χ2n) is 3.20. The number of azide groups is 1. The van der Waals surface area contributed by atoms with Crippen molar-refractivity contribution in [2.75, 3.05) is 0 Å². The minimum absolute atomic E-state index is 0.389. The van der Waals surface area contributed by atoms with Crippen LogP contribution in [-0.4, -0.2) is 17.3 Å². The first kappa shape index (κ1) is 10.6. The highest BCUT2D eigenvalue weighted by Gasteiger charge is 2.12. The van der Waals surface area contributed by atoms with Crippen LogP contribution in [0, 0.1) is 0 Å². The molecule has 1 aromatic carbocycles. The van der Waals surface area contributed by atoms with Crippen LogP contribution in [0.1, 0.15) is 12.5 Å². The van der Waals surface area contributed by atoms with Crippen LogP contribution in [0.2, 0.25) is 0 Å². The van der Waals surface area contributed by atoms with E-state index in [4.69, 9.17) is 5.53 Å². The summed E-state index contributed by atoms with van der Waals surface area (Å²) in [6.45, 7) is 1.70. The van der Waals surface area contributed by atoms with Gasteiger partial charge in [-0.2, -0.15) is 0 Å². The van der Waals surface area contributed by atoms with E-state index in [0.717, 1.165) is 5.56 Å². The average molecular weight is 191 g/mol. The third-order valence-corrected chi connectivity index (χ3v) is 2.08. The molecule has 0 heterocycles. The summed E-state index contributed by atoms with van der Waals surface area (Å²) in [6.07, 6.45) is -0.102. The van der Waals surface area contributed by atoms with Crippen molar-refractivity contribution in [1.29, 1.82) is 0 Å². The second kappa shape index (κ2) is 5.27. The van der Waals surface area contributed by atoms with Crippen molar-refractivity contribution in [3.8, 4) is 0 Å². The fourth-order valence-electron chi connectivity index (χ4n) is 1.18. The molecule has 0 bridgehead atoms. The maximum atomic E-state index is 9.64. The summed E-state index contributed by atoms with van der Waals surface area (Å²) in [5, 5.41) is 13.1. The first-order chi connectivity index (χ1) is 6.74. The second-order valence-corrected chi connectivity index (χ2v) is 3.20. The summed E-state index contributed by atoms with van der Waals surface area (Å²) in [5.41, 5.74) is 9.24. The summed E-state index contributed by atoms with van der Waals surface area (Å²) in [6, 6.07) is 9.24.